The van der Waals surface area contributed by atoms with Crippen molar-refractivity contribution in [3.63, 3.8) is 0 Å². The number of carbonyl (C=O) groups is 1. The van der Waals surface area contributed by atoms with Crippen molar-refractivity contribution in [3.05, 3.63) is 34.9 Å². The number of rotatable bonds is 2. The molecule has 1 aromatic carbocycles. The normalized spacial score (nSPS) is 22.1. The lowest BCUT2D eigenvalue weighted by Crippen LogP contribution is -2.58. The predicted octanol–water partition coefficient (Wildman–Crippen LogP) is 4.94. The van der Waals surface area contributed by atoms with Crippen LogP contribution in [0.3, 0.4) is 0 Å². The van der Waals surface area contributed by atoms with Crippen LogP contribution in [-0.2, 0) is 4.74 Å². The van der Waals surface area contributed by atoms with Crippen LogP contribution in [0.2, 0.25) is 5.02 Å². The smallest absolute Gasteiger partial charge is 0.411 e. The van der Waals surface area contributed by atoms with Gasteiger partial charge in [0.1, 0.15) is 11.7 Å². The van der Waals surface area contributed by atoms with Crippen LogP contribution in [0.4, 0.5) is 4.79 Å². The highest BCUT2D eigenvalue weighted by molar-refractivity contribution is 6.31. The lowest BCUT2D eigenvalue weighted by atomic mass is 9.83. The molecule has 0 saturated carbocycles. The Labute approximate surface area is 149 Å². The summed E-state index contributed by atoms with van der Waals surface area (Å²) < 4.78 is 5.60. The van der Waals surface area contributed by atoms with Gasteiger partial charge in [0.05, 0.1) is 6.04 Å². The molecule has 0 aromatic heterocycles. The van der Waals surface area contributed by atoms with Gasteiger partial charge in [0, 0.05) is 16.1 Å². The van der Waals surface area contributed by atoms with E-state index in [1.165, 1.54) is 0 Å². The molecule has 0 bridgehead atoms. The molecule has 5 heteroatoms. The summed E-state index contributed by atoms with van der Waals surface area (Å²) in [6.45, 7) is 9.58. The third kappa shape index (κ3) is 4.22. The fourth-order valence-corrected chi connectivity index (χ4v) is 3.60. The standard InChI is InChI=1S/C19H28ClNO3/c1-18(2,3)24-17(23)21-15(11-8-12-19(21,4)5)16(22)13-9-6-7-10-14(13)20/h6-7,9-10,15-16,22H,8,11-12H2,1-5H3/t15?,16-/m1/s1. The van der Waals surface area contributed by atoms with Crippen LogP contribution in [-0.4, -0.2) is 33.3 Å². The summed E-state index contributed by atoms with van der Waals surface area (Å²) in [6.07, 6.45) is 1.31. The zero-order valence-electron chi connectivity index (χ0n) is 15.2. The summed E-state index contributed by atoms with van der Waals surface area (Å²) in [6, 6.07) is 6.88. The molecule has 1 aliphatic heterocycles. The van der Waals surface area contributed by atoms with Crippen LogP contribution in [0.5, 0.6) is 0 Å². The number of nitrogens with zero attached hydrogens (tertiary/aromatic N) is 1. The number of ether oxygens (including phenoxy) is 1. The molecule has 0 spiro atoms. The largest absolute Gasteiger partial charge is 0.444 e. The summed E-state index contributed by atoms with van der Waals surface area (Å²) in [5, 5.41) is 11.5. The first-order valence-electron chi connectivity index (χ1n) is 8.48. The maximum Gasteiger partial charge on any atom is 0.411 e. The van der Waals surface area contributed by atoms with Crippen molar-refractivity contribution in [2.75, 3.05) is 0 Å². The van der Waals surface area contributed by atoms with Crippen molar-refractivity contribution < 1.29 is 14.6 Å². The highest BCUT2D eigenvalue weighted by atomic mass is 35.5. The Morgan fingerprint density at radius 2 is 2.00 bits per heavy atom. The Hall–Kier alpha value is -1.26. The number of hydrogen-bond acceptors (Lipinski definition) is 3. The first-order chi connectivity index (χ1) is 11.0. The molecule has 0 radical (unpaired) electrons. The number of aliphatic hydroxyl groups excluding tert-OH is 1. The Balaban J connectivity index is 2.35. The average Bonchev–Trinajstić information content (AvgIpc) is 2.43. The molecule has 1 N–H and O–H groups in total. The lowest BCUT2D eigenvalue weighted by molar-refractivity contribution is -0.0575. The predicted molar refractivity (Wildman–Crippen MR) is 96.2 cm³/mol. The van der Waals surface area contributed by atoms with Gasteiger partial charge in [-0.15, -0.1) is 0 Å². The van der Waals surface area contributed by atoms with Gasteiger partial charge in [-0.05, 0) is 59.9 Å². The van der Waals surface area contributed by atoms with Crippen molar-refractivity contribution in [3.8, 4) is 0 Å². The molecular formula is C19H28ClNO3. The molecule has 1 saturated heterocycles. The molecule has 1 aliphatic rings. The van der Waals surface area contributed by atoms with Crippen LogP contribution in [0.25, 0.3) is 0 Å². The molecule has 1 amide bonds. The van der Waals surface area contributed by atoms with Crippen LogP contribution in [0.1, 0.15) is 65.5 Å². The van der Waals surface area contributed by atoms with E-state index in [1.54, 1.807) is 11.0 Å². The molecular weight excluding hydrogens is 326 g/mol. The van der Waals surface area contributed by atoms with Gasteiger partial charge in [0.2, 0.25) is 0 Å². The quantitative estimate of drug-likeness (QED) is 0.819. The summed E-state index contributed by atoms with van der Waals surface area (Å²) in [5.41, 5.74) is -0.312. The van der Waals surface area contributed by atoms with Crippen molar-refractivity contribution in [1.82, 2.24) is 4.90 Å². The molecule has 0 aliphatic carbocycles. The van der Waals surface area contributed by atoms with E-state index in [0.29, 0.717) is 10.6 Å². The number of benzene rings is 1. The SMILES string of the molecule is CC(C)(C)OC(=O)N1C([C@H](O)c2ccccc2Cl)CCCC1(C)C. The molecule has 1 heterocycles. The number of hydrogen-bond donors (Lipinski definition) is 1. The minimum atomic E-state index is -0.842. The zero-order chi connectivity index (χ0) is 18.1. The number of likely N-dealkylation sites (tertiary alicyclic amines) is 1. The van der Waals surface area contributed by atoms with Crippen LogP contribution < -0.4 is 0 Å². The van der Waals surface area contributed by atoms with E-state index < -0.39 is 11.7 Å². The highest BCUT2D eigenvalue weighted by Crippen LogP contribution is 2.39. The summed E-state index contributed by atoms with van der Waals surface area (Å²) in [7, 11) is 0. The number of piperidine rings is 1. The van der Waals surface area contributed by atoms with Gasteiger partial charge in [-0.2, -0.15) is 0 Å². The van der Waals surface area contributed by atoms with E-state index in [0.717, 1.165) is 19.3 Å². The fraction of sp³-hybridized carbons (Fsp3) is 0.632. The van der Waals surface area contributed by atoms with Crippen molar-refractivity contribution >= 4 is 17.7 Å². The Morgan fingerprint density at radius 1 is 1.38 bits per heavy atom. The highest BCUT2D eigenvalue weighted by Gasteiger charge is 2.44. The second-order valence-corrected chi connectivity index (χ2v) is 8.50. The lowest BCUT2D eigenvalue weighted by Gasteiger charge is -2.49. The van der Waals surface area contributed by atoms with Gasteiger partial charge in [0.15, 0.2) is 0 Å². The Kier molecular flexibility index (Phi) is 5.50. The van der Waals surface area contributed by atoms with Crippen LogP contribution in [0, 0.1) is 0 Å². The van der Waals surface area contributed by atoms with Gasteiger partial charge in [0.25, 0.3) is 0 Å². The third-order valence-electron chi connectivity index (χ3n) is 4.45. The topological polar surface area (TPSA) is 49.8 Å². The molecule has 2 atom stereocenters. The molecule has 134 valence electrons. The van der Waals surface area contributed by atoms with E-state index in [2.05, 4.69) is 0 Å². The van der Waals surface area contributed by atoms with Crippen molar-refractivity contribution in [2.24, 2.45) is 0 Å². The van der Waals surface area contributed by atoms with E-state index in [9.17, 15) is 9.90 Å². The van der Waals surface area contributed by atoms with Gasteiger partial charge in [-0.1, -0.05) is 29.8 Å². The Bertz CT molecular complexity index is 595. The Morgan fingerprint density at radius 3 is 2.58 bits per heavy atom. The second kappa shape index (κ2) is 6.93. The molecule has 4 nitrogen and oxygen atoms in total. The number of amides is 1. The molecule has 1 unspecified atom stereocenters. The summed E-state index contributed by atoms with van der Waals surface area (Å²) in [4.78, 5) is 14.5. The third-order valence-corrected chi connectivity index (χ3v) is 4.79. The van der Waals surface area contributed by atoms with Gasteiger partial charge in [-0.25, -0.2) is 4.79 Å². The summed E-state index contributed by atoms with van der Waals surface area (Å²) in [5.74, 6) is 0. The number of aliphatic hydroxyl groups is 1. The zero-order valence-corrected chi connectivity index (χ0v) is 15.9. The second-order valence-electron chi connectivity index (χ2n) is 8.09. The first kappa shape index (κ1) is 19.1. The van der Waals surface area contributed by atoms with E-state index in [-0.39, 0.29) is 17.7 Å². The van der Waals surface area contributed by atoms with Crippen molar-refractivity contribution in [1.29, 1.82) is 0 Å². The number of halogens is 1. The maximum atomic E-state index is 12.8. The van der Waals surface area contributed by atoms with E-state index in [1.807, 2.05) is 52.8 Å². The van der Waals surface area contributed by atoms with Crippen molar-refractivity contribution in [2.45, 2.75) is 77.2 Å². The minimum Gasteiger partial charge on any atom is -0.444 e. The fourth-order valence-electron chi connectivity index (χ4n) is 3.36. The van der Waals surface area contributed by atoms with E-state index >= 15 is 0 Å². The maximum absolute atomic E-state index is 12.8. The van der Waals surface area contributed by atoms with Crippen LogP contribution in [0.15, 0.2) is 24.3 Å². The van der Waals surface area contributed by atoms with Gasteiger partial charge < -0.3 is 9.84 Å². The molecule has 24 heavy (non-hydrogen) atoms. The first-order valence-corrected chi connectivity index (χ1v) is 8.85. The van der Waals surface area contributed by atoms with Gasteiger partial charge in [-0.3, -0.25) is 4.90 Å². The molecule has 2 rings (SSSR count). The molecule has 1 aromatic rings. The van der Waals surface area contributed by atoms with Crippen LogP contribution >= 0.6 is 11.6 Å². The number of carbonyl (C=O) groups excluding carboxylic acids is 1. The monoisotopic (exact) mass is 353 g/mol. The summed E-state index contributed by atoms with van der Waals surface area (Å²) >= 11 is 6.25. The average molecular weight is 354 g/mol. The van der Waals surface area contributed by atoms with E-state index in [4.69, 9.17) is 16.3 Å². The molecule has 1 fully saturated rings. The minimum absolute atomic E-state index is 0.358. The van der Waals surface area contributed by atoms with Gasteiger partial charge >= 0.3 is 6.09 Å².